The highest BCUT2D eigenvalue weighted by atomic mass is 32.2. The van der Waals surface area contributed by atoms with Crippen LogP contribution in [0.5, 0.6) is 0 Å². The second kappa shape index (κ2) is 5.94. The second-order valence-corrected chi connectivity index (χ2v) is 6.20. The number of nitriles is 1. The lowest BCUT2D eigenvalue weighted by Crippen LogP contribution is -2.31. The molecule has 20 heavy (non-hydrogen) atoms. The van der Waals surface area contributed by atoms with Gasteiger partial charge >= 0.3 is 0 Å². The van der Waals surface area contributed by atoms with Crippen LogP contribution in [0.2, 0.25) is 0 Å². The van der Waals surface area contributed by atoms with Crippen molar-refractivity contribution in [1.29, 1.82) is 5.26 Å². The average Bonchev–Trinajstić information content (AvgIpc) is 2.37. The molecular weight excluding hydrogens is 289 g/mol. The smallest absolute Gasteiger partial charge is 0.258 e. The fraction of sp³-hybridized carbons (Fsp3) is 0.364. The Bertz CT molecular complexity index is 669. The molecule has 7 nitrogen and oxygen atoms in total. The van der Waals surface area contributed by atoms with E-state index < -0.39 is 37.3 Å². The molecule has 0 bridgehead atoms. The van der Waals surface area contributed by atoms with Gasteiger partial charge in [-0.1, -0.05) is 0 Å². The standard InChI is InChI=1S/C11H12FN3O4S/c1-8(6-13)7-14(2)20(18,19)11-4-3-9(12)5-10(11)15(16)17/h3-5,8H,7H2,1-2H3. The summed E-state index contributed by atoms with van der Waals surface area (Å²) in [6.07, 6.45) is 0. The van der Waals surface area contributed by atoms with Crippen molar-refractivity contribution in [1.82, 2.24) is 4.31 Å². The monoisotopic (exact) mass is 301 g/mol. The van der Waals surface area contributed by atoms with Crippen LogP contribution in [0.25, 0.3) is 0 Å². The van der Waals surface area contributed by atoms with Gasteiger partial charge in [-0.05, 0) is 19.1 Å². The summed E-state index contributed by atoms with van der Waals surface area (Å²) in [7, 11) is -2.96. The van der Waals surface area contributed by atoms with Crippen LogP contribution in [-0.4, -0.2) is 31.2 Å². The lowest BCUT2D eigenvalue weighted by Gasteiger charge is -2.18. The lowest BCUT2D eigenvalue weighted by atomic mass is 10.2. The molecule has 0 saturated heterocycles. The summed E-state index contributed by atoms with van der Waals surface area (Å²) in [5, 5.41) is 19.5. The maximum absolute atomic E-state index is 13.0. The minimum absolute atomic E-state index is 0.118. The van der Waals surface area contributed by atoms with Gasteiger partial charge in [0.05, 0.1) is 23.0 Å². The van der Waals surface area contributed by atoms with Crippen LogP contribution >= 0.6 is 0 Å². The second-order valence-electron chi connectivity index (χ2n) is 4.18. The molecule has 0 aromatic heterocycles. The first-order valence-corrected chi connectivity index (χ1v) is 6.94. The Labute approximate surface area is 115 Å². The van der Waals surface area contributed by atoms with Gasteiger partial charge in [0.15, 0.2) is 4.90 Å². The molecular formula is C11H12FN3O4S. The van der Waals surface area contributed by atoms with Crippen LogP contribution < -0.4 is 0 Å². The zero-order valence-corrected chi connectivity index (χ0v) is 11.6. The van der Waals surface area contributed by atoms with Crippen LogP contribution in [0.4, 0.5) is 10.1 Å². The van der Waals surface area contributed by atoms with Crippen LogP contribution in [0.3, 0.4) is 0 Å². The Morgan fingerprint density at radius 1 is 1.55 bits per heavy atom. The van der Waals surface area contributed by atoms with Crippen molar-refractivity contribution in [3.05, 3.63) is 34.1 Å². The summed E-state index contributed by atoms with van der Waals surface area (Å²) in [6.45, 7) is 1.40. The fourth-order valence-electron chi connectivity index (χ4n) is 1.54. The summed E-state index contributed by atoms with van der Waals surface area (Å²) in [5.74, 6) is -1.47. The van der Waals surface area contributed by atoms with E-state index in [9.17, 15) is 22.9 Å². The quantitative estimate of drug-likeness (QED) is 0.605. The van der Waals surface area contributed by atoms with Crippen molar-refractivity contribution in [2.75, 3.05) is 13.6 Å². The molecule has 1 aromatic rings. The summed E-state index contributed by atoms with van der Waals surface area (Å²) in [6, 6.07) is 4.09. The van der Waals surface area contributed by atoms with E-state index in [4.69, 9.17) is 5.26 Å². The van der Waals surface area contributed by atoms with E-state index in [0.717, 1.165) is 16.4 Å². The number of sulfonamides is 1. The fourth-order valence-corrected chi connectivity index (χ4v) is 2.94. The van der Waals surface area contributed by atoms with Gasteiger partial charge in [-0.15, -0.1) is 0 Å². The SMILES string of the molecule is CC(C#N)CN(C)S(=O)(=O)c1ccc(F)cc1[N+](=O)[O-]. The molecule has 0 N–H and O–H groups in total. The Morgan fingerprint density at radius 2 is 2.15 bits per heavy atom. The molecule has 1 unspecified atom stereocenters. The third-order valence-corrected chi connectivity index (χ3v) is 4.43. The first kappa shape index (κ1) is 16.0. The normalized spacial score (nSPS) is 12.9. The molecule has 0 radical (unpaired) electrons. The number of rotatable bonds is 5. The maximum atomic E-state index is 13.0. The molecule has 0 aliphatic heterocycles. The molecule has 1 atom stereocenters. The van der Waals surface area contributed by atoms with Crippen molar-refractivity contribution < 1.29 is 17.7 Å². The summed E-state index contributed by atoms with van der Waals surface area (Å²) >= 11 is 0. The molecule has 108 valence electrons. The molecule has 0 amide bonds. The Balaban J connectivity index is 3.29. The predicted molar refractivity (Wildman–Crippen MR) is 67.6 cm³/mol. The third kappa shape index (κ3) is 3.28. The average molecular weight is 301 g/mol. The highest BCUT2D eigenvalue weighted by molar-refractivity contribution is 7.89. The largest absolute Gasteiger partial charge is 0.292 e. The molecule has 1 aromatic carbocycles. The van der Waals surface area contributed by atoms with Gasteiger partial charge in [0, 0.05) is 13.6 Å². The third-order valence-electron chi connectivity index (χ3n) is 2.56. The Morgan fingerprint density at radius 3 is 2.65 bits per heavy atom. The van der Waals surface area contributed by atoms with Gasteiger partial charge in [0.25, 0.3) is 5.69 Å². The number of benzene rings is 1. The summed E-state index contributed by atoms with van der Waals surface area (Å²) < 4.78 is 38.3. The molecule has 0 saturated carbocycles. The number of hydrogen-bond donors (Lipinski definition) is 0. The number of nitro benzene ring substituents is 1. The number of nitrogens with zero attached hydrogens (tertiary/aromatic N) is 3. The van der Waals surface area contributed by atoms with Gasteiger partial charge in [-0.25, -0.2) is 12.8 Å². The summed E-state index contributed by atoms with van der Waals surface area (Å²) in [4.78, 5) is 9.26. The molecule has 1 rings (SSSR count). The van der Waals surface area contributed by atoms with E-state index in [2.05, 4.69) is 0 Å². The van der Waals surface area contributed by atoms with Crippen molar-refractivity contribution in [3.8, 4) is 6.07 Å². The van der Waals surface area contributed by atoms with Crippen molar-refractivity contribution in [3.63, 3.8) is 0 Å². The Hall–Kier alpha value is -2.05. The molecule has 9 heteroatoms. The van der Waals surface area contributed by atoms with Gasteiger partial charge in [0.1, 0.15) is 5.82 Å². The van der Waals surface area contributed by atoms with Crippen LogP contribution in [0.15, 0.2) is 23.1 Å². The van der Waals surface area contributed by atoms with E-state index in [1.807, 2.05) is 6.07 Å². The Kier molecular flexibility index (Phi) is 4.75. The zero-order valence-electron chi connectivity index (χ0n) is 10.8. The van der Waals surface area contributed by atoms with Gasteiger partial charge in [-0.3, -0.25) is 10.1 Å². The molecule has 0 fully saturated rings. The molecule has 0 spiro atoms. The first-order chi connectivity index (χ1) is 9.20. The highest BCUT2D eigenvalue weighted by Crippen LogP contribution is 2.27. The van der Waals surface area contributed by atoms with Gasteiger partial charge in [-0.2, -0.15) is 9.57 Å². The minimum Gasteiger partial charge on any atom is -0.258 e. The van der Waals surface area contributed by atoms with Crippen molar-refractivity contribution in [2.45, 2.75) is 11.8 Å². The van der Waals surface area contributed by atoms with Gasteiger partial charge in [0.2, 0.25) is 10.0 Å². The zero-order chi connectivity index (χ0) is 15.5. The van der Waals surface area contributed by atoms with E-state index in [-0.39, 0.29) is 6.54 Å². The highest BCUT2D eigenvalue weighted by Gasteiger charge is 2.30. The maximum Gasteiger partial charge on any atom is 0.292 e. The van der Waals surface area contributed by atoms with E-state index in [1.165, 1.54) is 14.0 Å². The lowest BCUT2D eigenvalue weighted by molar-refractivity contribution is -0.388. The topological polar surface area (TPSA) is 104 Å². The number of halogens is 1. The van der Waals surface area contributed by atoms with E-state index in [1.54, 1.807) is 0 Å². The van der Waals surface area contributed by atoms with Crippen LogP contribution in [-0.2, 0) is 10.0 Å². The molecule has 0 aliphatic rings. The van der Waals surface area contributed by atoms with Crippen molar-refractivity contribution >= 4 is 15.7 Å². The van der Waals surface area contributed by atoms with Crippen LogP contribution in [0.1, 0.15) is 6.92 Å². The minimum atomic E-state index is -4.16. The van der Waals surface area contributed by atoms with Gasteiger partial charge < -0.3 is 0 Å². The molecule has 0 heterocycles. The first-order valence-electron chi connectivity index (χ1n) is 5.50. The summed E-state index contributed by atoms with van der Waals surface area (Å²) in [5.41, 5.74) is -0.832. The molecule has 0 aliphatic carbocycles. The van der Waals surface area contributed by atoms with E-state index >= 15 is 0 Å². The van der Waals surface area contributed by atoms with Crippen molar-refractivity contribution in [2.24, 2.45) is 5.92 Å². The number of hydrogen-bond acceptors (Lipinski definition) is 5. The number of nitro groups is 1. The van der Waals surface area contributed by atoms with E-state index in [0.29, 0.717) is 6.07 Å². The van der Waals surface area contributed by atoms with Crippen LogP contribution in [0, 0.1) is 33.2 Å². The predicted octanol–water partition coefficient (Wildman–Crippen LogP) is 1.51.